The zero-order valence-electron chi connectivity index (χ0n) is 13.5. The molecule has 3 N–H and O–H groups in total. The van der Waals surface area contributed by atoms with Gasteiger partial charge < -0.3 is 19.9 Å². The Bertz CT molecular complexity index is 597. The van der Waals surface area contributed by atoms with Crippen molar-refractivity contribution >= 4 is 11.6 Å². The number of piperidine rings is 1. The Morgan fingerprint density at radius 1 is 1.29 bits per heavy atom. The highest BCUT2D eigenvalue weighted by Gasteiger charge is 2.22. The van der Waals surface area contributed by atoms with Gasteiger partial charge in [-0.25, -0.2) is 0 Å². The number of rotatable bonds is 6. The van der Waals surface area contributed by atoms with Gasteiger partial charge in [-0.3, -0.25) is 15.0 Å². The number of hydrogen-bond donors (Lipinski definition) is 3. The van der Waals surface area contributed by atoms with Gasteiger partial charge in [0.15, 0.2) is 0 Å². The van der Waals surface area contributed by atoms with Crippen LogP contribution in [-0.2, 0) is 20.9 Å². The van der Waals surface area contributed by atoms with E-state index >= 15 is 0 Å². The number of benzene rings is 1. The van der Waals surface area contributed by atoms with Gasteiger partial charge in [0.25, 0.3) is 0 Å². The van der Waals surface area contributed by atoms with Crippen LogP contribution in [0.4, 0.5) is 5.69 Å². The molecule has 7 nitrogen and oxygen atoms in total. The molecule has 1 amide bonds. The highest BCUT2D eigenvalue weighted by atomic mass is 16.7. The Balaban J connectivity index is 1.43. The van der Waals surface area contributed by atoms with E-state index in [2.05, 4.69) is 15.5 Å². The lowest BCUT2D eigenvalue weighted by Crippen LogP contribution is -2.44. The predicted molar refractivity (Wildman–Crippen MR) is 88.7 cm³/mol. The monoisotopic (exact) mass is 333 g/mol. The van der Waals surface area contributed by atoms with Crippen LogP contribution in [0.15, 0.2) is 36.4 Å². The van der Waals surface area contributed by atoms with Gasteiger partial charge in [0.2, 0.25) is 18.6 Å². The lowest BCUT2D eigenvalue weighted by Gasteiger charge is -2.32. The molecule has 0 aromatic heterocycles. The Morgan fingerprint density at radius 3 is 2.79 bits per heavy atom. The van der Waals surface area contributed by atoms with Gasteiger partial charge in [-0.05, 0) is 18.9 Å². The first-order valence-electron chi connectivity index (χ1n) is 8.16. The molecule has 24 heavy (non-hydrogen) atoms. The van der Waals surface area contributed by atoms with Crippen molar-refractivity contribution in [2.24, 2.45) is 0 Å². The summed E-state index contributed by atoms with van der Waals surface area (Å²) in [6, 6.07) is 8.15. The molecule has 1 saturated heterocycles. The van der Waals surface area contributed by atoms with E-state index in [-0.39, 0.29) is 19.3 Å². The molecule has 0 bridgehead atoms. The molecular formula is C17H23N3O4. The van der Waals surface area contributed by atoms with E-state index in [0.29, 0.717) is 18.5 Å². The van der Waals surface area contributed by atoms with Crippen LogP contribution >= 0.6 is 0 Å². The second kappa shape index (κ2) is 8.03. The second-order valence-corrected chi connectivity index (χ2v) is 5.97. The minimum atomic E-state index is -0.0937. The summed E-state index contributed by atoms with van der Waals surface area (Å²) < 4.78 is 9.97. The average molecular weight is 333 g/mol. The first-order valence-corrected chi connectivity index (χ1v) is 8.16. The third-order valence-corrected chi connectivity index (χ3v) is 4.24. The van der Waals surface area contributed by atoms with Crippen molar-refractivity contribution in [1.82, 2.24) is 10.2 Å². The number of nitrogens with zero attached hydrogens (tertiary/aromatic N) is 1. The number of carbonyl (C=O) groups excluding carboxylic acids is 1. The third kappa shape index (κ3) is 4.39. The number of likely N-dealkylation sites (tertiary alicyclic amines) is 1. The van der Waals surface area contributed by atoms with Crippen molar-refractivity contribution < 1.29 is 19.4 Å². The first-order chi connectivity index (χ1) is 11.7. The second-order valence-electron chi connectivity index (χ2n) is 5.97. The molecule has 2 aliphatic heterocycles. The minimum Gasteiger partial charge on any atom is -0.459 e. The summed E-state index contributed by atoms with van der Waals surface area (Å²) in [4.78, 5) is 14.1. The van der Waals surface area contributed by atoms with Crippen LogP contribution in [0.1, 0.15) is 18.4 Å². The van der Waals surface area contributed by atoms with Crippen LogP contribution < -0.4 is 10.6 Å². The maximum Gasteiger partial charge on any atom is 0.240 e. The van der Waals surface area contributed by atoms with E-state index in [1.807, 2.05) is 24.3 Å². The quantitative estimate of drug-likeness (QED) is 0.720. The van der Waals surface area contributed by atoms with Gasteiger partial charge in [0, 0.05) is 30.4 Å². The van der Waals surface area contributed by atoms with Crippen LogP contribution in [0.3, 0.4) is 0 Å². The zero-order valence-corrected chi connectivity index (χ0v) is 13.5. The summed E-state index contributed by atoms with van der Waals surface area (Å²) in [6.07, 6.45) is 3.32. The molecule has 1 aromatic rings. The first kappa shape index (κ1) is 16.6. The van der Waals surface area contributed by atoms with Gasteiger partial charge in [-0.15, -0.1) is 0 Å². The Morgan fingerprint density at radius 2 is 2.08 bits per heavy atom. The van der Waals surface area contributed by atoms with Crippen LogP contribution in [0.5, 0.6) is 0 Å². The number of aliphatic hydroxyl groups is 1. The standard InChI is InChI=1S/C17H23N3O4/c21-10-13-3-1-2-4-15(13)18-14-5-7-20(8-6-14)9-16(22)19-17-11-23-12-24-17/h1-4,11,14,18,21H,5-10,12H2,(H,19,22). The smallest absolute Gasteiger partial charge is 0.240 e. The number of aliphatic hydroxyl groups excluding tert-OH is 1. The minimum absolute atomic E-state index is 0.0316. The lowest BCUT2D eigenvalue weighted by molar-refractivity contribution is -0.122. The van der Waals surface area contributed by atoms with Crippen LogP contribution in [-0.4, -0.2) is 48.4 Å². The highest BCUT2D eigenvalue weighted by molar-refractivity contribution is 5.79. The molecule has 0 radical (unpaired) electrons. The van der Waals surface area contributed by atoms with Crippen LogP contribution in [0.25, 0.3) is 0 Å². The molecule has 3 rings (SSSR count). The fourth-order valence-electron chi connectivity index (χ4n) is 2.94. The average Bonchev–Trinajstić information content (AvgIpc) is 3.10. The van der Waals surface area contributed by atoms with Crippen molar-refractivity contribution in [2.45, 2.75) is 25.5 Å². The topological polar surface area (TPSA) is 83.1 Å². The van der Waals surface area contributed by atoms with E-state index in [0.717, 1.165) is 37.2 Å². The molecule has 0 aliphatic carbocycles. The molecule has 0 atom stereocenters. The molecule has 0 unspecified atom stereocenters. The number of nitrogens with one attached hydrogen (secondary N) is 2. The fraction of sp³-hybridized carbons (Fsp3) is 0.471. The maximum atomic E-state index is 12.0. The van der Waals surface area contributed by atoms with Crippen molar-refractivity contribution in [3.8, 4) is 0 Å². The highest BCUT2D eigenvalue weighted by Crippen LogP contribution is 2.20. The number of ether oxygens (including phenoxy) is 2. The maximum absolute atomic E-state index is 12.0. The molecular weight excluding hydrogens is 310 g/mol. The third-order valence-electron chi connectivity index (χ3n) is 4.24. The van der Waals surface area contributed by atoms with Crippen molar-refractivity contribution in [2.75, 3.05) is 31.7 Å². The van der Waals surface area contributed by atoms with Crippen molar-refractivity contribution in [3.05, 3.63) is 42.0 Å². The van der Waals surface area contributed by atoms with E-state index in [9.17, 15) is 9.90 Å². The van der Waals surface area contributed by atoms with Crippen molar-refractivity contribution in [3.63, 3.8) is 0 Å². The number of hydrogen-bond acceptors (Lipinski definition) is 6. The number of carbonyl (C=O) groups is 1. The van der Waals surface area contributed by atoms with Crippen molar-refractivity contribution in [1.29, 1.82) is 0 Å². The fourth-order valence-corrected chi connectivity index (χ4v) is 2.94. The van der Waals surface area contributed by atoms with Gasteiger partial charge in [0.1, 0.15) is 6.26 Å². The largest absolute Gasteiger partial charge is 0.459 e. The number of para-hydroxylation sites is 1. The molecule has 7 heteroatoms. The summed E-state index contributed by atoms with van der Waals surface area (Å²) in [5, 5.41) is 15.6. The summed E-state index contributed by atoms with van der Waals surface area (Å²) in [6.45, 7) is 2.23. The summed E-state index contributed by atoms with van der Waals surface area (Å²) in [7, 11) is 0. The molecule has 2 aliphatic rings. The lowest BCUT2D eigenvalue weighted by atomic mass is 10.0. The molecule has 1 aromatic carbocycles. The summed E-state index contributed by atoms with van der Waals surface area (Å²) in [5.74, 6) is 0.279. The molecule has 0 saturated carbocycles. The zero-order chi connectivity index (χ0) is 16.8. The van der Waals surface area contributed by atoms with Crippen LogP contribution in [0, 0.1) is 0 Å². The molecule has 2 heterocycles. The van der Waals surface area contributed by atoms with E-state index in [4.69, 9.17) is 9.47 Å². The van der Waals surface area contributed by atoms with Gasteiger partial charge >= 0.3 is 0 Å². The van der Waals surface area contributed by atoms with E-state index in [1.54, 1.807) is 0 Å². The Kier molecular flexibility index (Phi) is 5.55. The van der Waals surface area contributed by atoms with Gasteiger partial charge in [-0.1, -0.05) is 18.2 Å². The SMILES string of the molecule is O=C(CN1CCC(Nc2ccccc2CO)CC1)NC1=COCO1. The van der Waals surface area contributed by atoms with Crippen LogP contribution in [0.2, 0.25) is 0 Å². The summed E-state index contributed by atoms with van der Waals surface area (Å²) >= 11 is 0. The Labute approximate surface area is 141 Å². The predicted octanol–water partition coefficient (Wildman–Crippen LogP) is 0.975. The van der Waals surface area contributed by atoms with Gasteiger partial charge in [0.05, 0.1) is 13.2 Å². The molecule has 130 valence electrons. The van der Waals surface area contributed by atoms with Gasteiger partial charge in [-0.2, -0.15) is 0 Å². The molecule has 0 spiro atoms. The summed E-state index contributed by atoms with van der Waals surface area (Å²) in [5.41, 5.74) is 1.90. The number of amides is 1. The normalized spacial score (nSPS) is 18.5. The van der Waals surface area contributed by atoms with E-state index < -0.39 is 0 Å². The number of anilines is 1. The van der Waals surface area contributed by atoms with E-state index in [1.165, 1.54) is 6.26 Å². The molecule has 1 fully saturated rings. The Hall–Kier alpha value is -2.25.